The lowest BCUT2D eigenvalue weighted by atomic mass is 10.1. The van der Waals surface area contributed by atoms with Crippen LogP contribution < -0.4 is 0 Å². The van der Waals surface area contributed by atoms with Crippen LogP contribution in [0.4, 0.5) is 4.39 Å². The van der Waals surface area contributed by atoms with Crippen LogP contribution >= 0.6 is 11.3 Å². The number of hydrogen-bond donors (Lipinski definition) is 1. The highest BCUT2D eigenvalue weighted by atomic mass is 32.1. The maximum Gasteiger partial charge on any atom is 0.308 e. The molecule has 0 radical (unpaired) electrons. The Bertz CT molecular complexity index is 715. The first-order valence-electron chi connectivity index (χ1n) is 7.49. The van der Waals surface area contributed by atoms with Crippen LogP contribution in [0.15, 0.2) is 29.6 Å². The number of thiazole rings is 1. The van der Waals surface area contributed by atoms with E-state index in [-0.39, 0.29) is 24.7 Å². The second-order valence-corrected chi connectivity index (χ2v) is 6.67. The molecular weight excluding hydrogens is 331 g/mol. The molecule has 1 amide bonds. The number of aliphatic carboxylic acids is 1. The topological polar surface area (TPSA) is 70.5 Å². The zero-order chi connectivity index (χ0) is 17.7. The molecule has 7 heteroatoms. The summed E-state index contributed by atoms with van der Waals surface area (Å²) in [5.74, 6) is -1.97. The molecule has 0 bridgehead atoms. The van der Waals surface area contributed by atoms with Gasteiger partial charge in [-0.3, -0.25) is 9.59 Å². The zero-order valence-corrected chi connectivity index (χ0v) is 14.3. The van der Waals surface area contributed by atoms with Crippen LogP contribution in [0.1, 0.15) is 23.2 Å². The molecule has 2 aromatic rings. The maximum absolute atomic E-state index is 12.9. The van der Waals surface area contributed by atoms with Gasteiger partial charge in [0, 0.05) is 25.4 Å². The van der Waals surface area contributed by atoms with Gasteiger partial charge in [0.05, 0.1) is 23.0 Å². The molecule has 1 aromatic heterocycles. The normalized spacial score (nSPS) is 12.0. The highest BCUT2D eigenvalue weighted by Gasteiger charge is 2.18. The Hall–Kier alpha value is -2.28. The van der Waals surface area contributed by atoms with Crippen LogP contribution in [0.2, 0.25) is 0 Å². The van der Waals surface area contributed by atoms with Crippen molar-refractivity contribution >= 4 is 23.2 Å². The first kappa shape index (κ1) is 18.1. The summed E-state index contributed by atoms with van der Waals surface area (Å²) in [6, 6.07) is 6.24. The fourth-order valence-electron chi connectivity index (χ4n) is 2.17. The van der Waals surface area contributed by atoms with Crippen molar-refractivity contribution in [3.63, 3.8) is 0 Å². The Morgan fingerprint density at radius 2 is 2.00 bits per heavy atom. The summed E-state index contributed by atoms with van der Waals surface area (Å²) >= 11 is 1.45. The van der Waals surface area contributed by atoms with E-state index >= 15 is 0 Å². The molecule has 0 saturated heterocycles. The van der Waals surface area contributed by atoms with E-state index in [4.69, 9.17) is 5.11 Å². The van der Waals surface area contributed by atoms with E-state index in [1.807, 2.05) is 5.38 Å². The minimum absolute atomic E-state index is 0.142. The second-order valence-electron chi connectivity index (χ2n) is 5.73. The third-order valence-corrected chi connectivity index (χ3v) is 4.49. The number of halogens is 1. The van der Waals surface area contributed by atoms with E-state index in [0.717, 1.165) is 10.6 Å². The lowest BCUT2D eigenvalue weighted by Crippen LogP contribution is -2.34. The van der Waals surface area contributed by atoms with Gasteiger partial charge in [-0.25, -0.2) is 9.37 Å². The van der Waals surface area contributed by atoms with Gasteiger partial charge in [0.2, 0.25) is 5.91 Å². The monoisotopic (exact) mass is 350 g/mol. The SMILES string of the molecule is CC(CN(C)C(=O)Cc1csc(Cc2ccc(F)cc2)n1)C(=O)O. The van der Waals surface area contributed by atoms with E-state index in [9.17, 15) is 14.0 Å². The van der Waals surface area contributed by atoms with Gasteiger partial charge in [-0.1, -0.05) is 19.1 Å². The third-order valence-electron chi connectivity index (χ3n) is 3.60. The summed E-state index contributed by atoms with van der Waals surface area (Å²) in [5.41, 5.74) is 1.62. The van der Waals surface area contributed by atoms with Crippen LogP contribution in [0, 0.1) is 11.7 Å². The first-order chi connectivity index (χ1) is 11.3. The fourth-order valence-corrected chi connectivity index (χ4v) is 3.00. The molecule has 0 fully saturated rings. The van der Waals surface area contributed by atoms with E-state index < -0.39 is 11.9 Å². The van der Waals surface area contributed by atoms with Crippen molar-refractivity contribution in [1.29, 1.82) is 0 Å². The number of carbonyl (C=O) groups is 2. The number of amides is 1. The predicted octanol–water partition coefficient (Wildman–Crippen LogP) is 2.59. The smallest absolute Gasteiger partial charge is 0.308 e. The van der Waals surface area contributed by atoms with Gasteiger partial charge in [-0.05, 0) is 17.7 Å². The van der Waals surface area contributed by atoms with E-state index in [2.05, 4.69) is 4.98 Å². The number of likely N-dealkylation sites (N-methyl/N-ethyl adjacent to an activating group) is 1. The number of nitrogens with zero attached hydrogens (tertiary/aromatic N) is 2. The summed E-state index contributed by atoms with van der Waals surface area (Å²) in [6.07, 6.45) is 0.730. The third kappa shape index (κ3) is 5.13. The molecule has 1 N–H and O–H groups in total. The van der Waals surface area contributed by atoms with Crippen molar-refractivity contribution in [1.82, 2.24) is 9.88 Å². The number of rotatable bonds is 7. The average Bonchev–Trinajstić information content (AvgIpc) is 2.96. The number of hydrogen-bond acceptors (Lipinski definition) is 4. The number of aromatic nitrogens is 1. The van der Waals surface area contributed by atoms with Crippen LogP contribution in [-0.2, 0) is 22.4 Å². The second kappa shape index (κ2) is 8.01. The molecule has 0 saturated carbocycles. The predicted molar refractivity (Wildman–Crippen MR) is 89.5 cm³/mol. The van der Waals surface area contributed by atoms with Crippen molar-refractivity contribution in [2.75, 3.05) is 13.6 Å². The minimum Gasteiger partial charge on any atom is -0.481 e. The van der Waals surface area contributed by atoms with Gasteiger partial charge < -0.3 is 10.0 Å². The standard InChI is InChI=1S/C17H19FN2O3S/c1-11(17(22)23)9-20(2)16(21)8-14-10-24-15(19-14)7-12-3-5-13(18)6-4-12/h3-6,10-11H,7-9H2,1-2H3,(H,22,23). The van der Waals surface area contributed by atoms with E-state index in [0.29, 0.717) is 12.1 Å². The molecule has 1 unspecified atom stereocenters. The largest absolute Gasteiger partial charge is 0.481 e. The molecule has 0 spiro atoms. The molecule has 128 valence electrons. The van der Waals surface area contributed by atoms with Crippen LogP contribution in [0.3, 0.4) is 0 Å². The number of carboxylic acids is 1. The summed E-state index contributed by atoms with van der Waals surface area (Å²) in [6.45, 7) is 1.73. The van der Waals surface area contributed by atoms with Crippen molar-refractivity contribution in [3.05, 3.63) is 51.7 Å². The summed E-state index contributed by atoms with van der Waals surface area (Å²) in [5, 5.41) is 11.6. The molecule has 5 nitrogen and oxygen atoms in total. The van der Waals surface area contributed by atoms with Gasteiger partial charge in [-0.15, -0.1) is 11.3 Å². The first-order valence-corrected chi connectivity index (χ1v) is 8.37. The van der Waals surface area contributed by atoms with Gasteiger partial charge in [0.25, 0.3) is 0 Å². The van der Waals surface area contributed by atoms with Crippen LogP contribution in [0.5, 0.6) is 0 Å². The van der Waals surface area contributed by atoms with E-state index in [1.165, 1.54) is 28.4 Å². The molecule has 0 aliphatic rings. The Balaban J connectivity index is 1.92. The summed E-state index contributed by atoms with van der Waals surface area (Å²) < 4.78 is 12.9. The Morgan fingerprint density at radius 1 is 1.33 bits per heavy atom. The minimum atomic E-state index is -0.926. The van der Waals surface area contributed by atoms with Gasteiger partial charge in [0.15, 0.2) is 0 Å². The molecule has 2 rings (SSSR count). The van der Waals surface area contributed by atoms with Crippen molar-refractivity contribution in [3.8, 4) is 0 Å². The van der Waals surface area contributed by atoms with Gasteiger partial charge in [-0.2, -0.15) is 0 Å². The van der Waals surface area contributed by atoms with Gasteiger partial charge in [0.1, 0.15) is 5.82 Å². The number of carboxylic acid groups (broad SMARTS) is 1. The molecule has 1 aromatic carbocycles. The molecule has 0 aliphatic carbocycles. The highest BCUT2D eigenvalue weighted by molar-refractivity contribution is 7.09. The maximum atomic E-state index is 12.9. The Kier molecular flexibility index (Phi) is 6.03. The van der Waals surface area contributed by atoms with E-state index in [1.54, 1.807) is 26.1 Å². The van der Waals surface area contributed by atoms with Crippen LogP contribution in [0.25, 0.3) is 0 Å². The van der Waals surface area contributed by atoms with Crippen molar-refractivity contribution < 1.29 is 19.1 Å². The average molecular weight is 350 g/mol. The van der Waals surface area contributed by atoms with Gasteiger partial charge >= 0.3 is 5.97 Å². The quantitative estimate of drug-likeness (QED) is 0.833. The molecule has 1 heterocycles. The lowest BCUT2D eigenvalue weighted by Gasteiger charge is -2.18. The molecule has 1 atom stereocenters. The van der Waals surface area contributed by atoms with Crippen molar-refractivity contribution in [2.45, 2.75) is 19.8 Å². The lowest BCUT2D eigenvalue weighted by molar-refractivity contribution is -0.142. The highest BCUT2D eigenvalue weighted by Crippen LogP contribution is 2.16. The fraction of sp³-hybridized carbons (Fsp3) is 0.353. The molecule has 0 aliphatic heterocycles. The Labute approximate surface area is 143 Å². The van der Waals surface area contributed by atoms with Crippen LogP contribution in [-0.4, -0.2) is 40.5 Å². The summed E-state index contributed by atoms with van der Waals surface area (Å²) in [4.78, 5) is 28.8. The van der Waals surface area contributed by atoms with Crippen molar-refractivity contribution in [2.24, 2.45) is 5.92 Å². The molecular formula is C17H19FN2O3S. The summed E-state index contributed by atoms with van der Waals surface area (Å²) in [7, 11) is 1.59. The molecule has 24 heavy (non-hydrogen) atoms. The zero-order valence-electron chi connectivity index (χ0n) is 13.5. The Morgan fingerprint density at radius 3 is 2.62 bits per heavy atom. The number of benzene rings is 1. The number of carbonyl (C=O) groups excluding carboxylic acids is 1.